The predicted molar refractivity (Wildman–Crippen MR) is 90.3 cm³/mol. The van der Waals surface area contributed by atoms with Crippen LogP contribution in [0.4, 0.5) is 0 Å². The van der Waals surface area contributed by atoms with E-state index in [1.807, 2.05) is 18.2 Å². The maximum absolute atomic E-state index is 11.8. The molecule has 3 nitrogen and oxygen atoms in total. The Morgan fingerprint density at radius 1 is 1.04 bits per heavy atom. The van der Waals surface area contributed by atoms with E-state index in [0.717, 1.165) is 36.0 Å². The van der Waals surface area contributed by atoms with Crippen molar-refractivity contribution in [1.29, 1.82) is 0 Å². The second-order valence-electron chi connectivity index (χ2n) is 5.80. The van der Waals surface area contributed by atoms with Gasteiger partial charge in [0.05, 0.1) is 0 Å². The highest BCUT2D eigenvalue weighted by Crippen LogP contribution is 2.29. The van der Waals surface area contributed by atoms with Gasteiger partial charge in [-0.2, -0.15) is 0 Å². The van der Waals surface area contributed by atoms with Gasteiger partial charge >= 0.3 is 5.63 Å². The summed E-state index contributed by atoms with van der Waals surface area (Å²) in [5.41, 5.74) is 3.79. The van der Waals surface area contributed by atoms with Crippen LogP contribution in [-0.4, -0.2) is 0 Å². The summed E-state index contributed by atoms with van der Waals surface area (Å²) < 4.78 is 11.2. The summed E-state index contributed by atoms with van der Waals surface area (Å²) in [7, 11) is 0. The first-order valence-electron chi connectivity index (χ1n) is 7.66. The van der Waals surface area contributed by atoms with Crippen LogP contribution in [0.25, 0.3) is 11.0 Å². The van der Waals surface area contributed by atoms with E-state index < -0.39 is 0 Å². The lowest BCUT2D eigenvalue weighted by Gasteiger charge is -2.10. The van der Waals surface area contributed by atoms with Gasteiger partial charge in [-0.1, -0.05) is 11.6 Å². The minimum absolute atomic E-state index is 0.322. The Morgan fingerprint density at radius 2 is 1.78 bits per heavy atom. The monoisotopic (exact) mass is 326 g/mol. The van der Waals surface area contributed by atoms with Crippen molar-refractivity contribution < 1.29 is 9.15 Å². The van der Waals surface area contributed by atoms with Crippen molar-refractivity contribution in [2.24, 2.45) is 0 Å². The van der Waals surface area contributed by atoms with Crippen LogP contribution in [0.2, 0.25) is 5.02 Å². The molecular weight excluding hydrogens is 312 g/mol. The second kappa shape index (κ2) is 5.74. The number of hydrogen-bond donors (Lipinski definition) is 0. The summed E-state index contributed by atoms with van der Waals surface area (Å²) in [5, 5.41) is 1.62. The molecule has 1 aliphatic carbocycles. The molecule has 0 N–H and O–H groups in total. The lowest BCUT2D eigenvalue weighted by atomic mass is 10.0. The minimum atomic E-state index is -0.342. The van der Waals surface area contributed by atoms with Crippen LogP contribution >= 0.6 is 11.6 Å². The van der Waals surface area contributed by atoms with E-state index in [2.05, 4.69) is 6.07 Å². The molecule has 4 rings (SSSR count). The summed E-state index contributed by atoms with van der Waals surface area (Å²) in [6.07, 6.45) is 3.30. The van der Waals surface area contributed by atoms with Gasteiger partial charge in [0.1, 0.15) is 17.9 Å². The molecule has 0 aliphatic heterocycles. The Labute approximate surface area is 138 Å². The standard InChI is InChI=1S/C19H15ClO3/c20-15-4-6-16(7-5-15)22-11-14-10-19(21)23-18-9-13-3-1-2-12(13)8-17(14)18/h4-10H,1-3,11H2. The van der Waals surface area contributed by atoms with Crippen molar-refractivity contribution in [3.8, 4) is 5.75 Å². The lowest BCUT2D eigenvalue weighted by molar-refractivity contribution is 0.306. The molecule has 0 amide bonds. The average Bonchev–Trinajstić information content (AvgIpc) is 2.99. The summed E-state index contributed by atoms with van der Waals surface area (Å²) in [6.45, 7) is 0.322. The molecule has 1 heterocycles. The number of benzene rings is 2. The van der Waals surface area contributed by atoms with Crippen molar-refractivity contribution in [3.63, 3.8) is 0 Å². The van der Waals surface area contributed by atoms with Gasteiger partial charge < -0.3 is 9.15 Å². The minimum Gasteiger partial charge on any atom is -0.489 e. The zero-order valence-corrected chi connectivity index (χ0v) is 13.2. The van der Waals surface area contributed by atoms with Gasteiger partial charge in [-0.3, -0.25) is 0 Å². The van der Waals surface area contributed by atoms with Crippen LogP contribution in [0.3, 0.4) is 0 Å². The van der Waals surface area contributed by atoms with Gasteiger partial charge in [0.15, 0.2) is 0 Å². The molecule has 1 aromatic heterocycles. The third kappa shape index (κ3) is 2.84. The third-order valence-electron chi connectivity index (χ3n) is 4.25. The molecule has 3 aromatic rings. The quantitative estimate of drug-likeness (QED) is 0.665. The molecule has 0 fully saturated rings. The van der Waals surface area contributed by atoms with Crippen molar-refractivity contribution in [2.45, 2.75) is 25.9 Å². The number of fused-ring (bicyclic) bond motifs is 2. The third-order valence-corrected chi connectivity index (χ3v) is 4.50. The average molecular weight is 327 g/mol. The topological polar surface area (TPSA) is 39.4 Å². The fourth-order valence-electron chi connectivity index (χ4n) is 3.11. The van der Waals surface area contributed by atoms with Crippen LogP contribution in [0, 0.1) is 0 Å². The van der Waals surface area contributed by atoms with Crippen LogP contribution in [-0.2, 0) is 19.4 Å². The molecule has 4 heteroatoms. The molecular formula is C19H15ClO3. The molecule has 0 saturated carbocycles. The molecule has 23 heavy (non-hydrogen) atoms. The summed E-state index contributed by atoms with van der Waals surface area (Å²) in [6, 6.07) is 12.8. The normalized spacial score (nSPS) is 13.3. The fourth-order valence-corrected chi connectivity index (χ4v) is 3.23. The van der Waals surface area contributed by atoms with Crippen molar-refractivity contribution in [3.05, 3.63) is 74.6 Å². The maximum Gasteiger partial charge on any atom is 0.336 e. The number of ether oxygens (including phenoxy) is 1. The lowest BCUT2D eigenvalue weighted by Crippen LogP contribution is -2.04. The van der Waals surface area contributed by atoms with E-state index in [4.69, 9.17) is 20.8 Å². The van der Waals surface area contributed by atoms with Gasteiger partial charge in [-0.05, 0) is 66.8 Å². The van der Waals surface area contributed by atoms with Crippen LogP contribution in [0.1, 0.15) is 23.1 Å². The summed E-state index contributed by atoms with van der Waals surface area (Å²) in [4.78, 5) is 11.8. The zero-order chi connectivity index (χ0) is 15.8. The molecule has 0 spiro atoms. The maximum atomic E-state index is 11.8. The highest BCUT2D eigenvalue weighted by atomic mass is 35.5. The molecule has 0 atom stereocenters. The molecule has 2 aromatic carbocycles. The first-order chi connectivity index (χ1) is 11.2. The Morgan fingerprint density at radius 3 is 2.57 bits per heavy atom. The Hall–Kier alpha value is -2.26. The van der Waals surface area contributed by atoms with E-state index in [1.54, 1.807) is 12.1 Å². The van der Waals surface area contributed by atoms with Crippen molar-refractivity contribution in [2.75, 3.05) is 0 Å². The van der Waals surface area contributed by atoms with Gasteiger partial charge in [-0.15, -0.1) is 0 Å². The summed E-state index contributed by atoms with van der Waals surface area (Å²) >= 11 is 5.87. The molecule has 1 aliphatic rings. The van der Waals surface area contributed by atoms with Crippen LogP contribution in [0.15, 0.2) is 51.7 Å². The smallest absolute Gasteiger partial charge is 0.336 e. The first kappa shape index (κ1) is 14.3. The molecule has 116 valence electrons. The van der Waals surface area contributed by atoms with Crippen molar-refractivity contribution >= 4 is 22.6 Å². The highest BCUT2D eigenvalue weighted by molar-refractivity contribution is 6.30. The largest absolute Gasteiger partial charge is 0.489 e. The van der Waals surface area contributed by atoms with Crippen LogP contribution in [0.5, 0.6) is 5.75 Å². The van der Waals surface area contributed by atoms with E-state index in [0.29, 0.717) is 17.2 Å². The van der Waals surface area contributed by atoms with Gasteiger partial charge in [-0.25, -0.2) is 4.79 Å². The van der Waals surface area contributed by atoms with Crippen LogP contribution < -0.4 is 10.4 Å². The highest BCUT2D eigenvalue weighted by Gasteiger charge is 2.15. The number of rotatable bonds is 3. The van der Waals surface area contributed by atoms with Gasteiger partial charge in [0, 0.05) is 22.0 Å². The second-order valence-corrected chi connectivity index (χ2v) is 6.24. The zero-order valence-electron chi connectivity index (χ0n) is 12.5. The Balaban J connectivity index is 1.71. The van der Waals surface area contributed by atoms with E-state index >= 15 is 0 Å². The SMILES string of the molecule is O=c1cc(COc2ccc(Cl)cc2)c2cc3c(cc2o1)CCC3. The predicted octanol–water partition coefficient (Wildman–Crippen LogP) is 4.51. The summed E-state index contributed by atoms with van der Waals surface area (Å²) in [5.74, 6) is 0.719. The number of hydrogen-bond acceptors (Lipinski definition) is 3. The Kier molecular flexibility index (Phi) is 3.58. The van der Waals surface area contributed by atoms with E-state index in [-0.39, 0.29) is 5.63 Å². The molecule has 0 radical (unpaired) electrons. The number of aryl methyl sites for hydroxylation is 2. The fraction of sp³-hybridized carbons (Fsp3) is 0.211. The first-order valence-corrected chi connectivity index (χ1v) is 8.04. The van der Waals surface area contributed by atoms with Gasteiger partial charge in [0.25, 0.3) is 0 Å². The molecule has 0 unspecified atom stereocenters. The molecule has 0 bridgehead atoms. The van der Waals surface area contributed by atoms with Crippen molar-refractivity contribution in [1.82, 2.24) is 0 Å². The van der Waals surface area contributed by atoms with E-state index in [1.165, 1.54) is 17.2 Å². The Bertz CT molecular complexity index is 926. The van der Waals surface area contributed by atoms with Gasteiger partial charge in [0.2, 0.25) is 0 Å². The number of halogens is 1. The van der Waals surface area contributed by atoms with E-state index in [9.17, 15) is 4.79 Å². The molecule has 0 saturated heterocycles.